The molecule has 190 valence electrons. The van der Waals surface area contributed by atoms with E-state index < -0.39 is 11.7 Å². The van der Waals surface area contributed by atoms with Gasteiger partial charge in [-0.25, -0.2) is 0 Å². The molecule has 0 spiro atoms. The number of anilines is 2. The molecule has 5 nitrogen and oxygen atoms in total. The Morgan fingerprint density at radius 2 is 1.69 bits per heavy atom. The van der Waals surface area contributed by atoms with Gasteiger partial charge in [-0.1, -0.05) is 23.2 Å². The van der Waals surface area contributed by atoms with Crippen LogP contribution in [0.5, 0.6) is 0 Å². The first kappa shape index (κ1) is 25.6. The van der Waals surface area contributed by atoms with Crippen molar-refractivity contribution in [3.05, 3.63) is 58.6 Å². The first-order valence-electron chi connectivity index (χ1n) is 12.0. The summed E-state index contributed by atoms with van der Waals surface area (Å²) in [5.74, 6) is -0.0181. The molecule has 2 aliphatic rings. The normalized spacial score (nSPS) is 21.2. The number of alkyl halides is 3. The van der Waals surface area contributed by atoms with Gasteiger partial charge in [0, 0.05) is 48.6 Å². The number of halogens is 4. The highest BCUT2D eigenvalue weighted by atomic mass is 35.5. The zero-order valence-corrected chi connectivity index (χ0v) is 20.5. The van der Waals surface area contributed by atoms with E-state index in [1.807, 2.05) is 29.2 Å². The van der Waals surface area contributed by atoms with E-state index in [1.165, 1.54) is 12.1 Å². The van der Waals surface area contributed by atoms with Gasteiger partial charge >= 0.3 is 6.18 Å². The topological polar surface area (TPSA) is 44.8 Å². The number of ether oxygens (including phenoxy) is 1. The predicted molar refractivity (Wildman–Crippen MR) is 132 cm³/mol. The van der Waals surface area contributed by atoms with Crippen LogP contribution in [-0.4, -0.2) is 55.7 Å². The fourth-order valence-corrected chi connectivity index (χ4v) is 4.88. The van der Waals surface area contributed by atoms with Crippen molar-refractivity contribution in [3.8, 4) is 0 Å². The summed E-state index contributed by atoms with van der Waals surface area (Å²) in [6, 6.07) is 12.0. The molecule has 0 radical (unpaired) electrons. The molecule has 2 aromatic carbocycles. The number of amides is 1. The van der Waals surface area contributed by atoms with Crippen molar-refractivity contribution < 1.29 is 22.7 Å². The van der Waals surface area contributed by atoms with Crippen LogP contribution in [0.4, 0.5) is 24.5 Å². The molecule has 35 heavy (non-hydrogen) atoms. The molecule has 1 heterocycles. The van der Waals surface area contributed by atoms with Crippen LogP contribution in [0.15, 0.2) is 42.5 Å². The SMILES string of the molecule is Cc1ccc(NC2CCC(OCC(=O)N3CCN(c4ccc(Cl)cc4)CC3)CC2)c(C(F)(F)F)c1. The third-order valence-electron chi connectivity index (χ3n) is 6.78. The molecule has 2 aromatic rings. The zero-order valence-electron chi connectivity index (χ0n) is 19.8. The number of carbonyl (C=O) groups is 1. The highest BCUT2D eigenvalue weighted by Crippen LogP contribution is 2.36. The second-order valence-corrected chi connectivity index (χ2v) is 9.76. The number of nitrogens with zero attached hydrogens (tertiary/aromatic N) is 2. The van der Waals surface area contributed by atoms with Gasteiger partial charge in [-0.3, -0.25) is 4.79 Å². The first-order valence-corrected chi connectivity index (χ1v) is 12.4. The summed E-state index contributed by atoms with van der Waals surface area (Å²) in [5.41, 5.74) is 1.17. The molecule has 4 rings (SSSR count). The monoisotopic (exact) mass is 509 g/mol. The van der Waals surface area contributed by atoms with Crippen LogP contribution in [0.1, 0.15) is 36.8 Å². The number of hydrogen-bond donors (Lipinski definition) is 1. The predicted octanol–water partition coefficient (Wildman–Crippen LogP) is 5.76. The summed E-state index contributed by atoms with van der Waals surface area (Å²) in [4.78, 5) is 16.7. The van der Waals surface area contributed by atoms with Crippen molar-refractivity contribution in [2.75, 3.05) is 43.0 Å². The minimum absolute atomic E-state index is 0.0181. The van der Waals surface area contributed by atoms with E-state index in [4.69, 9.17) is 16.3 Å². The number of piperazine rings is 1. The Balaban J connectivity index is 1.19. The molecule has 1 amide bonds. The number of nitrogens with one attached hydrogen (secondary N) is 1. The van der Waals surface area contributed by atoms with Gasteiger partial charge < -0.3 is 19.9 Å². The number of rotatable bonds is 6. The molecular formula is C26H31ClF3N3O2. The lowest BCUT2D eigenvalue weighted by molar-refractivity contribution is -0.139. The molecule has 1 saturated heterocycles. The lowest BCUT2D eigenvalue weighted by atomic mass is 9.92. The van der Waals surface area contributed by atoms with Crippen LogP contribution in [-0.2, 0) is 15.7 Å². The van der Waals surface area contributed by atoms with E-state index in [9.17, 15) is 18.0 Å². The van der Waals surface area contributed by atoms with Crippen molar-refractivity contribution >= 4 is 28.9 Å². The van der Waals surface area contributed by atoms with Crippen LogP contribution in [0.25, 0.3) is 0 Å². The van der Waals surface area contributed by atoms with E-state index in [0.717, 1.165) is 18.8 Å². The fraction of sp³-hybridized carbons (Fsp3) is 0.500. The van der Waals surface area contributed by atoms with Gasteiger partial charge in [0.25, 0.3) is 0 Å². The minimum atomic E-state index is -4.39. The van der Waals surface area contributed by atoms with Crippen LogP contribution >= 0.6 is 11.6 Å². The Kier molecular flexibility index (Phi) is 8.12. The minimum Gasteiger partial charge on any atom is -0.382 e. The van der Waals surface area contributed by atoms with Gasteiger partial charge in [-0.2, -0.15) is 13.2 Å². The van der Waals surface area contributed by atoms with Gasteiger partial charge in [0.05, 0.1) is 11.7 Å². The molecule has 1 aliphatic heterocycles. The Hall–Kier alpha value is -2.45. The van der Waals surface area contributed by atoms with Crippen molar-refractivity contribution in [1.29, 1.82) is 0 Å². The molecule has 0 atom stereocenters. The Bertz CT molecular complexity index is 1000. The van der Waals surface area contributed by atoms with Crippen LogP contribution in [0.3, 0.4) is 0 Å². The number of aryl methyl sites for hydroxylation is 1. The van der Waals surface area contributed by atoms with Gasteiger partial charge in [-0.15, -0.1) is 0 Å². The summed E-state index contributed by atoms with van der Waals surface area (Å²) in [6.07, 6.45) is -1.62. The van der Waals surface area contributed by atoms with E-state index in [2.05, 4.69) is 10.2 Å². The van der Waals surface area contributed by atoms with Gasteiger partial charge in [-0.05, 0) is 69.0 Å². The molecule has 1 saturated carbocycles. The maximum atomic E-state index is 13.4. The Morgan fingerprint density at radius 1 is 1.03 bits per heavy atom. The lowest BCUT2D eigenvalue weighted by Gasteiger charge is -2.36. The molecular weight excluding hydrogens is 479 g/mol. The lowest BCUT2D eigenvalue weighted by Crippen LogP contribution is -2.50. The van der Waals surface area contributed by atoms with Crippen molar-refractivity contribution in [2.45, 2.75) is 50.9 Å². The Morgan fingerprint density at radius 3 is 2.31 bits per heavy atom. The third-order valence-corrected chi connectivity index (χ3v) is 7.03. The van der Waals surface area contributed by atoms with Gasteiger partial charge in [0.2, 0.25) is 5.91 Å². The second-order valence-electron chi connectivity index (χ2n) is 9.32. The summed E-state index contributed by atoms with van der Waals surface area (Å²) >= 11 is 5.96. The van der Waals surface area contributed by atoms with Crippen LogP contribution in [0, 0.1) is 6.92 Å². The molecule has 1 N–H and O–H groups in total. The molecule has 0 unspecified atom stereocenters. The summed E-state index contributed by atoms with van der Waals surface area (Å²) in [6.45, 7) is 4.48. The molecule has 2 fully saturated rings. The average molecular weight is 510 g/mol. The van der Waals surface area contributed by atoms with Crippen LogP contribution in [0.2, 0.25) is 5.02 Å². The summed E-state index contributed by atoms with van der Waals surface area (Å²) in [5, 5.41) is 3.78. The summed E-state index contributed by atoms with van der Waals surface area (Å²) < 4.78 is 46.1. The second kappa shape index (κ2) is 11.1. The number of carbonyl (C=O) groups excluding carboxylic acids is 1. The smallest absolute Gasteiger partial charge is 0.382 e. The first-order chi connectivity index (χ1) is 16.7. The average Bonchev–Trinajstić information content (AvgIpc) is 2.84. The van der Waals surface area contributed by atoms with E-state index >= 15 is 0 Å². The van der Waals surface area contributed by atoms with E-state index in [0.29, 0.717) is 49.4 Å². The standard InChI is InChI=1S/C26H31ClF3N3O2/c1-18-2-11-24(23(16-18)26(28,29)30)31-20-5-9-22(10-6-20)35-17-25(34)33-14-12-32(13-15-33)21-7-3-19(27)4-8-21/h2-4,7-8,11,16,20,22,31H,5-6,9-10,12-15,17H2,1H3. The molecule has 9 heteroatoms. The van der Waals surface area contributed by atoms with Crippen molar-refractivity contribution in [2.24, 2.45) is 0 Å². The van der Waals surface area contributed by atoms with Crippen molar-refractivity contribution in [3.63, 3.8) is 0 Å². The maximum Gasteiger partial charge on any atom is 0.418 e. The molecule has 0 bridgehead atoms. The third kappa shape index (κ3) is 6.82. The van der Waals surface area contributed by atoms with Crippen molar-refractivity contribution in [1.82, 2.24) is 4.90 Å². The molecule has 1 aliphatic carbocycles. The van der Waals surface area contributed by atoms with Gasteiger partial charge in [0.1, 0.15) is 6.61 Å². The quantitative estimate of drug-likeness (QED) is 0.538. The van der Waals surface area contributed by atoms with Crippen LogP contribution < -0.4 is 10.2 Å². The number of hydrogen-bond acceptors (Lipinski definition) is 4. The Labute approximate surface area is 209 Å². The highest BCUT2D eigenvalue weighted by Gasteiger charge is 2.34. The number of benzene rings is 2. The summed E-state index contributed by atoms with van der Waals surface area (Å²) in [7, 11) is 0. The van der Waals surface area contributed by atoms with Gasteiger partial charge in [0.15, 0.2) is 0 Å². The molecule has 0 aromatic heterocycles. The maximum absolute atomic E-state index is 13.4. The van der Waals surface area contributed by atoms with E-state index in [1.54, 1.807) is 13.0 Å². The fourth-order valence-electron chi connectivity index (χ4n) is 4.76. The highest BCUT2D eigenvalue weighted by molar-refractivity contribution is 6.30. The zero-order chi connectivity index (χ0) is 25.0. The largest absolute Gasteiger partial charge is 0.418 e. The van der Waals surface area contributed by atoms with E-state index in [-0.39, 0.29) is 30.3 Å².